The van der Waals surface area contributed by atoms with Crippen molar-refractivity contribution in [3.63, 3.8) is 0 Å². The van der Waals surface area contributed by atoms with Gasteiger partial charge in [-0.25, -0.2) is 0 Å². The monoisotopic (exact) mass is 980 g/mol. The van der Waals surface area contributed by atoms with Gasteiger partial charge in [-0.2, -0.15) is 0 Å². The summed E-state index contributed by atoms with van der Waals surface area (Å²) < 4.78 is 22.7. The zero-order valence-corrected chi connectivity index (χ0v) is 42.5. The average Bonchev–Trinajstić information content (AvgIpc) is 3.35. The third-order valence-corrected chi connectivity index (χ3v) is 13.0. The fraction of sp³-hybridized carbons (Fsp3) is 0.800. The van der Waals surface area contributed by atoms with Crippen LogP contribution in [0.2, 0.25) is 0 Å². The molecule has 0 aromatic carbocycles. The van der Waals surface area contributed by atoms with Gasteiger partial charge in [0.25, 0.3) is 0 Å². The Bertz CT molecular complexity index is 1390. The van der Waals surface area contributed by atoms with Crippen LogP contribution in [0.3, 0.4) is 0 Å². The molecule has 0 aliphatic carbocycles. The molecule has 2 aliphatic rings. The van der Waals surface area contributed by atoms with Crippen LogP contribution < -0.4 is 5.32 Å². The molecule has 0 radical (unpaired) electrons. The van der Waals surface area contributed by atoms with E-state index in [1.807, 2.05) is 0 Å². The van der Waals surface area contributed by atoms with Gasteiger partial charge in [-0.3, -0.25) is 4.79 Å². The Balaban J connectivity index is 1.84. The highest BCUT2D eigenvalue weighted by molar-refractivity contribution is 5.76. The van der Waals surface area contributed by atoms with Gasteiger partial charge in [0.2, 0.25) is 5.91 Å². The highest BCUT2D eigenvalue weighted by Crippen LogP contribution is 2.30. The number of aliphatic hydroxyl groups is 8. The van der Waals surface area contributed by atoms with Crippen LogP contribution in [-0.2, 0) is 23.7 Å². The van der Waals surface area contributed by atoms with Crippen LogP contribution in [0, 0.1) is 0 Å². The molecule has 12 atom stereocenters. The zero-order valence-electron chi connectivity index (χ0n) is 42.5. The number of aliphatic hydroxyl groups excluding tert-OH is 8. The van der Waals surface area contributed by atoms with Crippen molar-refractivity contribution < 1.29 is 64.6 Å². The van der Waals surface area contributed by atoms with Crippen LogP contribution in [0.4, 0.5) is 0 Å². The van der Waals surface area contributed by atoms with Crippen molar-refractivity contribution in [3.8, 4) is 0 Å². The summed E-state index contributed by atoms with van der Waals surface area (Å²) in [5.74, 6) is -0.265. The Kier molecular flexibility index (Phi) is 37.5. The molecule has 9 N–H and O–H groups in total. The second-order valence-corrected chi connectivity index (χ2v) is 19.0. The number of carbonyl (C=O) groups is 1. The SMILES string of the molecule is CC/C=C\C/C=C\C/C=C\C/C=C\C/C=C\CCCC(=O)NC(COC1OC(CO)C(OC2OC(CO)C(O)C(O)C2O)C(O)C1O)C(O)CCCCCCCCCCCCCCCCCCCC. The molecule has 2 saturated heterocycles. The van der Waals surface area contributed by atoms with Crippen molar-refractivity contribution in [2.75, 3.05) is 19.8 Å². The third-order valence-electron chi connectivity index (χ3n) is 13.0. The summed E-state index contributed by atoms with van der Waals surface area (Å²) in [5, 5.41) is 87.0. The van der Waals surface area contributed by atoms with E-state index < -0.39 is 86.8 Å². The van der Waals surface area contributed by atoms with Gasteiger partial charge in [-0.05, 0) is 51.4 Å². The highest BCUT2D eigenvalue weighted by atomic mass is 16.7. The van der Waals surface area contributed by atoms with Crippen LogP contribution in [0.1, 0.15) is 187 Å². The molecule has 2 fully saturated rings. The Morgan fingerprint density at radius 2 is 0.986 bits per heavy atom. The minimum absolute atomic E-state index is 0.224. The van der Waals surface area contributed by atoms with Gasteiger partial charge in [0.15, 0.2) is 12.6 Å². The lowest BCUT2D eigenvalue weighted by atomic mass is 9.97. The number of nitrogens with one attached hydrogen (secondary N) is 1. The Morgan fingerprint density at radius 1 is 0.536 bits per heavy atom. The van der Waals surface area contributed by atoms with Gasteiger partial charge in [-0.15, -0.1) is 0 Å². The number of hydrogen-bond acceptors (Lipinski definition) is 13. The quantitative estimate of drug-likeness (QED) is 0.0211. The second kappa shape index (κ2) is 41.2. The van der Waals surface area contributed by atoms with Crippen molar-refractivity contribution in [3.05, 3.63) is 60.8 Å². The van der Waals surface area contributed by atoms with E-state index in [0.29, 0.717) is 19.3 Å². The van der Waals surface area contributed by atoms with Crippen LogP contribution in [-0.4, -0.2) is 140 Å². The molecule has 14 nitrogen and oxygen atoms in total. The summed E-state index contributed by atoms with van der Waals surface area (Å²) in [6.07, 6.45) is 33.6. The minimum atomic E-state index is -1.79. The standard InChI is InChI=1S/C55H97NO13/c1-3-5-7-9-11-13-15-17-19-21-23-24-26-28-30-32-34-36-38-44(59)43(56-47(60)39-37-35-33-31-29-27-25-22-20-18-16-14-12-10-8-6-4-2)42-66-54-52(65)50(63)53(46(41-58)68-54)69-55-51(64)49(62)48(61)45(40-57)67-55/h6,8,12,14,18,20,25,27,31,33,43-46,48-55,57-59,61-65H,3-5,7,9-11,13,15-17,19,21-24,26,28-30,32,34-42H2,1-2H3,(H,56,60)/b8-6-,14-12-,20-18-,27-25-,33-31-. The smallest absolute Gasteiger partial charge is 0.220 e. The maximum Gasteiger partial charge on any atom is 0.220 e. The predicted molar refractivity (Wildman–Crippen MR) is 272 cm³/mol. The lowest BCUT2D eigenvalue weighted by Gasteiger charge is -2.46. The molecular formula is C55H97NO13. The van der Waals surface area contributed by atoms with Gasteiger partial charge >= 0.3 is 0 Å². The Morgan fingerprint density at radius 3 is 1.48 bits per heavy atom. The molecule has 0 bridgehead atoms. The molecule has 69 heavy (non-hydrogen) atoms. The molecule has 0 aromatic heterocycles. The number of carbonyl (C=O) groups excluding carboxylic acids is 1. The Labute approximate surface area is 416 Å². The lowest BCUT2D eigenvalue weighted by molar-refractivity contribution is -0.359. The van der Waals surface area contributed by atoms with Gasteiger partial charge in [0.1, 0.15) is 48.8 Å². The summed E-state index contributed by atoms with van der Waals surface area (Å²) >= 11 is 0. The first kappa shape index (κ1) is 62.8. The van der Waals surface area contributed by atoms with Crippen molar-refractivity contribution in [2.24, 2.45) is 0 Å². The number of amides is 1. The number of unbranched alkanes of at least 4 members (excludes halogenated alkanes) is 18. The van der Waals surface area contributed by atoms with Crippen molar-refractivity contribution in [1.82, 2.24) is 5.32 Å². The van der Waals surface area contributed by atoms with Crippen LogP contribution in [0.5, 0.6) is 0 Å². The lowest BCUT2D eigenvalue weighted by Crippen LogP contribution is -2.65. The van der Waals surface area contributed by atoms with E-state index in [0.717, 1.165) is 57.8 Å². The van der Waals surface area contributed by atoms with E-state index in [-0.39, 0.29) is 18.9 Å². The summed E-state index contributed by atoms with van der Waals surface area (Å²) in [7, 11) is 0. The molecule has 14 heteroatoms. The largest absolute Gasteiger partial charge is 0.394 e. The van der Waals surface area contributed by atoms with Gasteiger partial charge < -0.3 is 65.1 Å². The first-order valence-corrected chi connectivity index (χ1v) is 27.0. The van der Waals surface area contributed by atoms with Crippen LogP contribution >= 0.6 is 0 Å². The molecular weight excluding hydrogens is 883 g/mol. The van der Waals surface area contributed by atoms with Gasteiger partial charge in [0.05, 0.1) is 32.0 Å². The minimum Gasteiger partial charge on any atom is -0.394 e. The molecule has 0 saturated carbocycles. The molecule has 0 aromatic rings. The maximum atomic E-state index is 13.2. The van der Waals surface area contributed by atoms with E-state index in [9.17, 15) is 45.6 Å². The summed E-state index contributed by atoms with van der Waals surface area (Å²) in [4.78, 5) is 13.2. The fourth-order valence-corrected chi connectivity index (χ4v) is 8.62. The number of hydrogen-bond donors (Lipinski definition) is 9. The predicted octanol–water partition coefficient (Wildman–Crippen LogP) is 7.83. The molecule has 400 valence electrons. The molecule has 2 heterocycles. The topological polar surface area (TPSA) is 228 Å². The highest BCUT2D eigenvalue weighted by Gasteiger charge is 2.51. The van der Waals surface area contributed by atoms with E-state index in [1.165, 1.54) is 89.9 Å². The number of rotatable bonds is 41. The normalized spacial score (nSPS) is 26.6. The maximum absolute atomic E-state index is 13.2. The average molecular weight is 980 g/mol. The summed E-state index contributed by atoms with van der Waals surface area (Å²) in [6.45, 7) is 2.70. The van der Waals surface area contributed by atoms with E-state index >= 15 is 0 Å². The van der Waals surface area contributed by atoms with E-state index in [2.05, 4.69) is 79.9 Å². The summed E-state index contributed by atoms with van der Waals surface area (Å²) in [5.41, 5.74) is 0. The van der Waals surface area contributed by atoms with E-state index in [1.54, 1.807) is 0 Å². The third kappa shape index (κ3) is 27.9. The molecule has 0 spiro atoms. The zero-order chi connectivity index (χ0) is 50.3. The van der Waals surface area contributed by atoms with Crippen molar-refractivity contribution in [1.29, 1.82) is 0 Å². The number of allylic oxidation sites excluding steroid dienone is 10. The molecule has 1 amide bonds. The van der Waals surface area contributed by atoms with Crippen molar-refractivity contribution in [2.45, 2.75) is 261 Å². The molecule has 12 unspecified atom stereocenters. The van der Waals surface area contributed by atoms with Crippen LogP contribution in [0.15, 0.2) is 60.8 Å². The van der Waals surface area contributed by atoms with Gasteiger partial charge in [-0.1, -0.05) is 190 Å². The Hall–Kier alpha value is -2.31. The first-order valence-electron chi connectivity index (χ1n) is 27.0. The molecule has 2 rings (SSSR count). The first-order chi connectivity index (χ1) is 33.6. The molecule has 2 aliphatic heterocycles. The second-order valence-electron chi connectivity index (χ2n) is 19.0. The van der Waals surface area contributed by atoms with Gasteiger partial charge in [0, 0.05) is 6.42 Å². The summed E-state index contributed by atoms with van der Waals surface area (Å²) in [6, 6.07) is -0.861. The fourth-order valence-electron chi connectivity index (χ4n) is 8.62. The number of ether oxygens (including phenoxy) is 4. The van der Waals surface area contributed by atoms with E-state index in [4.69, 9.17) is 18.9 Å². The van der Waals surface area contributed by atoms with Crippen LogP contribution in [0.25, 0.3) is 0 Å². The van der Waals surface area contributed by atoms with Crippen molar-refractivity contribution >= 4 is 5.91 Å².